The van der Waals surface area contributed by atoms with Crippen LogP contribution in [-0.4, -0.2) is 20.1 Å². The molecule has 0 saturated heterocycles. The molecule has 3 aromatic rings. The van der Waals surface area contributed by atoms with Gasteiger partial charge in [0.05, 0.1) is 5.75 Å². The van der Waals surface area contributed by atoms with E-state index in [1.54, 1.807) is 0 Å². The Labute approximate surface area is 124 Å². The molecule has 0 spiro atoms. The lowest BCUT2D eigenvalue weighted by atomic mass is 10.2. The molecule has 3 rings (SSSR count). The van der Waals surface area contributed by atoms with E-state index in [4.69, 9.17) is 16.0 Å². The van der Waals surface area contributed by atoms with Gasteiger partial charge in [0.15, 0.2) is 11.0 Å². The molecular formula is C13H12N6OS. The van der Waals surface area contributed by atoms with Crippen molar-refractivity contribution in [1.29, 1.82) is 0 Å². The van der Waals surface area contributed by atoms with Crippen LogP contribution in [0.3, 0.4) is 0 Å². The Bertz CT molecular complexity index is 725. The molecule has 0 aliphatic rings. The number of nitrogens with zero attached hydrogens (tertiary/aromatic N) is 4. The zero-order chi connectivity index (χ0) is 14.7. The van der Waals surface area contributed by atoms with Crippen LogP contribution in [0.25, 0.3) is 11.5 Å². The summed E-state index contributed by atoms with van der Waals surface area (Å²) in [5.74, 6) is 2.19. The summed E-state index contributed by atoms with van der Waals surface area (Å²) in [7, 11) is 0. The van der Waals surface area contributed by atoms with Crippen molar-refractivity contribution in [2.45, 2.75) is 10.9 Å². The van der Waals surface area contributed by atoms with Crippen LogP contribution in [0, 0.1) is 0 Å². The van der Waals surface area contributed by atoms with Gasteiger partial charge in [0.25, 0.3) is 5.89 Å². The third-order valence-electron chi connectivity index (χ3n) is 2.56. The maximum absolute atomic E-state index is 5.61. The molecule has 0 unspecified atom stereocenters. The molecule has 2 heterocycles. The minimum Gasteiger partial charge on any atom is -0.383 e. The number of aromatic nitrogens is 4. The molecule has 7 nitrogen and oxygen atoms in total. The van der Waals surface area contributed by atoms with Crippen molar-refractivity contribution in [2.75, 3.05) is 11.5 Å². The van der Waals surface area contributed by atoms with E-state index in [1.807, 2.05) is 30.3 Å². The first-order valence-electron chi connectivity index (χ1n) is 6.11. The van der Waals surface area contributed by atoms with E-state index in [9.17, 15) is 0 Å². The molecular weight excluding hydrogens is 288 g/mol. The number of hydrogen-bond acceptors (Lipinski definition) is 8. The number of nitrogen functional groups attached to an aromatic ring is 2. The van der Waals surface area contributed by atoms with Crippen molar-refractivity contribution >= 4 is 23.4 Å². The largest absolute Gasteiger partial charge is 0.383 e. The summed E-state index contributed by atoms with van der Waals surface area (Å²) < 4.78 is 5.22. The van der Waals surface area contributed by atoms with Crippen molar-refractivity contribution in [3.63, 3.8) is 0 Å². The molecule has 0 atom stereocenters. The number of rotatable bonds is 4. The number of hydrogen-bond donors (Lipinski definition) is 2. The highest BCUT2D eigenvalue weighted by Crippen LogP contribution is 2.22. The molecule has 4 N–H and O–H groups in total. The Balaban J connectivity index is 1.70. The second-order valence-corrected chi connectivity index (χ2v) is 5.11. The van der Waals surface area contributed by atoms with Crippen molar-refractivity contribution < 1.29 is 4.52 Å². The Morgan fingerprint density at radius 3 is 2.43 bits per heavy atom. The second-order valence-electron chi connectivity index (χ2n) is 4.17. The first kappa shape index (κ1) is 13.4. The summed E-state index contributed by atoms with van der Waals surface area (Å²) in [6.07, 6.45) is 0. The van der Waals surface area contributed by atoms with Crippen molar-refractivity contribution in [3.05, 3.63) is 42.2 Å². The maximum Gasteiger partial charge on any atom is 0.257 e. The van der Waals surface area contributed by atoms with Gasteiger partial charge in [-0.1, -0.05) is 35.1 Å². The van der Waals surface area contributed by atoms with E-state index in [0.717, 1.165) is 5.56 Å². The first-order chi connectivity index (χ1) is 10.2. The van der Waals surface area contributed by atoms with Crippen LogP contribution in [0.1, 0.15) is 5.82 Å². The van der Waals surface area contributed by atoms with E-state index in [-0.39, 0.29) is 0 Å². The number of thioether (sulfide) groups is 1. The normalized spacial score (nSPS) is 10.7. The molecule has 0 saturated carbocycles. The third-order valence-corrected chi connectivity index (χ3v) is 3.41. The molecule has 21 heavy (non-hydrogen) atoms. The molecule has 0 fully saturated rings. The van der Waals surface area contributed by atoms with Gasteiger partial charge in [-0.2, -0.15) is 4.98 Å². The van der Waals surface area contributed by atoms with Crippen LogP contribution in [0.5, 0.6) is 0 Å². The fourth-order valence-electron chi connectivity index (χ4n) is 1.67. The zero-order valence-corrected chi connectivity index (χ0v) is 11.7. The molecule has 0 aliphatic carbocycles. The minimum absolute atomic E-state index is 0.336. The highest BCUT2D eigenvalue weighted by Gasteiger charge is 2.10. The molecule has 0 radical (unpaired) electrons. The molecule has 0 amide bonds. The molecule has 1 aromatic carbocycles. The predicted molar refractivity (Wildman–Crippen MR) is 80.2 cm³/mol. The maximum atomic E-state index is 5.61. The van der Waals surface area contributed by atoms with Crippen LogP contribution >= 0.6 is 11.8 Å². The monoisotopic (exact) mass is 300 g/mol. The fraction of sp³-hybridized carbons (Fsp3) is 0.0769. The van der Waals surface area contributed by atoms with Gasteiger partial charge in [-0.05, 0) is 12.1 Å². The molecule has 2 aromatic heterocycles. The highest BCUT2D eigenvalue weighted by atomic mass is 32.2. The summed E-state index contributed by atoms with van der Waals surface area (Å²) in [6, 6.07) is 11.1. The molecule has 106 valence electrons. The van der Waals surface area contributed by atoms with Crippen LogP contribution in [0.15, 0.2) is 46.1 Å². The molecule has 0 aliphatic heterocycles. The van der Waals surface area contributed by atoms with E-state index in [1.165, 1.54) is 17.8 Å². The summed E-state index contributed by atoms with van der Waals surface area (Å²) in [5, 5.41) is 4.41. The van der Waals surface area contributed by atoms with Crippen LogP contribution in [0.2, 0.25) is 0 Å². The van der Waals surface area contributed by atoms with Gasteiger partial charge < -0.3 is 16.0 Å². The van der Waals surface area contributed by atoms with Gasteiger partial charge >= 0.3 is 0 Å². The SMILES string of the molecule is Nc1cc(N)nc(SCc2noc(-c3ccccc3)n2)n1. The number of nitrogens with two attached hydrogens (primary N) is 2. The van der Waals surface area contributed by atoms with E-state index < -0.39 is 0 Å². The summed E-state index contributed by atoms with van der Waals surface area (Å²) in [6.45, 7) is 0. The lowest BCUT2D eigenvalue weighted by molar-refractivity contribution is 0.425. The zero-order valence-electron chi connectivity index (χ0n) is 10.9. The summed E-state index contributed by atoms with van der Waals surface area (Å²) >= 11 is 1.34. The van der Waals surface area contributed by atoms with Crippen molar-refractivity contribution in [1.82, 2.24) is 20.1 Å². The topological polar surface area (TPSA) is 117 Å². The fourth-order valence-corrected chi connectivity index (χ4v) is 2.38. The smallest absolute Gasteiger partial charge is 0.257 e. The lowest BCUT2D eigenvalue weighted by Gasteiger charge is -2.00. The summed E-state index contributed by atoms with van der Waals surface area (Å²) in [4.78, 5) is 12.5. The van der Waals surface area contributed by atoms with Crippen molar-refractivity contribution in [2.24, 2.45) is 0 Å². The predicted octanol–water partition coefficient (Wildman–Crippen LogP) is 1.98. The van der Waals surface area contributed by atoms with Gasteiger partial charge in [0, 0.05) is 11.6 Å². The summed E-state index contributed by atoms with van der Waals surface area (Å²) in [5.41, 5.74) is 12.1. The Morgan fingerprint density at radius 2 is 1.71 bits per heavy atom. The van der Waals surface area contributed by atoms with E-state index >= 15 is 0 Å². The lowest BCUT2D eigenvalue weighted by Crippen LogP contribution is -1.99. The minimum atomic E-state index is 0.336. The first-order valence-corrected chi connectivity index (χ1v) is 7.10. The number of benzene rings is 1. The van der Waals surface area contributed by atoms with Gasteiger partial charge in [0.2, 0.25) is 0 Å². The van der Waals surface area contributed by atoms with Crippen LogP contribution in [0.4, 0.5) is 11.6 Å². The standard InChI is InChI=1S/C13H12N6OS/c14-9-6-10(15)17-13(16-9)21-7-11-18-12(20-19-11)8-4-2-1-3-5-8/h1-6H,7H2,(H4,14,15,16,17). The van der Waals surface area contributed by atoms with Gasteiger partial charge in [-0.25, -0.2) is 9.97 Å². The highest BCUT2D eigenvalue weighted by molar-refractivity contribution is 7.98. The van der Waals surface area contributed by atoms with Gasteiger partial charge in [-0.3, -0.25) is 0 Å². The van der Waals surface area contributed by atoms with E-state index in [0.29, 0.717) is 34.3 Å². The quantitative estimate of drug-likeness (QED) is 0.555. The van der Waals surface area contributed by atoms with Crippen LogP contribution < -0.4 is 11.5 Å². The van der Waals surface area contributed by atoms with Gasteiger partial charge in [0.1, 0.15) is 11.6 Å². The van der Waals surface area contributed by atoms with Crippen LogP contribution in [-0.2, 0) is 5.75 Å². The van der Waals surface area contributed by atoms with Gasteiger partial charge in [-0.15, -0.1) is 0 Å². The average molecular weight is 300 g/mol. The molecule has 8 heteroatoms. The van der Waals surface area contributed by atoms with E-state index in [2.05, 4.69) is 20.1 Å². The Kier molecular flexibility index (Phi) is 3.69. The molecule has 0 bridgehead atoms. The third kappa shape index (κ3) is 3.29. The average Bonchev–Trinajstić information content (AvgIpc) is 2.94. The second kappa shape index (κ2) is 5.80. The number of anilines is 2. The Morgan fingerprint density at radius 1 is 1.00 bits per heavy atom. The van der Waals surface area contributed by atoms with Crippen molar-refractivity contribution in [3.8, 4) is 11.5 Å². The Hall–Kier alpha value is -2.61.